The van der Waals surface area contributed by atoms with Gasteiger partial charge in [-0.15, -0.1) is 0 Å². The molecule has 1 N–H and O–H groups in total. The quantitative estimate of drug-likeness (QED) is 0.317. The second-order valence-corrected chi connectivity index (χ2v) is 9.83. The van der Waals surface area contributed by atoms with Crippen molar-refractivity contribution in [1.29, 1.82) is 0 Å². The minimum atomic E-state index is -1.16. The molecule has 2 unspecified atom stereocenters. The number of nitrogens with zero attached hydrogens (tertiary/aromatic N) is 1. The molecule has 4 rings (SSSR count). The molecule has 0 bridgehead atoms. The molecule has 2 aliphatic rings. The Morgan fingerprint density at radius 1 is 1.03 bits per heavy atom. The Labute approximate surface area is 216 Å². The van der Waals surface area contributed by atoms with Crippen LogP contribution in [-0.4, -0.2) is 62.0 Å². The van der Waals surface area contributed by atoms with Crippen LogP contribution in [-0.2, 0) is 27.2 Å². The molecular weight excluding hydrogens is 485 g/mol. The van der Waals surface area contributed by atoms with Crippen molar-refractivity contribution in [3.05, 3.63) is 65.0 Å². The van der Waals surface area contributed by atoms with E-state index in [4.69, 9.17) is 14.2 Å². The van der Waals surface area contributed by atoms with Gasteiger partial charge in [-0.25, -0.2) is 18.0 Å². The Balaban J connectivity index is 1.18. The fourth-order valence-corrected chi connectivity index (χ4v) is 5.10. The molecule has 0 radical (unpaired) electrons. The van der Waals surface area contributed by atoms with E-state index in [-0.39, 0.29) is 24.1 Å². The summed E-state index contributed by atoms with van der Waals surface area (Å²) >= 11 is 0. The summed E-state index contributed by atoms with van der Waals surface area (Å²) in [6.45, 7) is 8.82. The Bertz CT molecular complexity index is 1060. The number of likely N-dealkylation sites (tertiary alicyclic amines) is 1. The third-order valence-corrected chi connectivity index (χ3v) is 6.99. The lowest BCUT2D eigenvalue weighted by atomic mass is 10.1. The van der Waals surface area contributed by atoms with Crippen molar-refractivity contribution < 1.29 is 32.2 Å². The molecule has 5 atom stereocenters. The molecule has 2 aromatic rings. The monoisotopic (exact) mass is 520 g/mol. The van der Waals surface area contributed by atoms with E-state index in [0.29, 0.717) is 50.2 Å². The maximum atomic E-state index is 14.0. The summed E-state index contributed by atoms with van der Waals surface area (Å²) in [5.74, 6) is -1.56. The van der Waals surface area contributed by atoms with E-state index in [1.54, 1.807) is 6.92 Å². The molecule has 202 valence electrons. The van der Waals surface area contributed by atoms with Gasteiger partial charge in [-0.3, -0.25) is 4.90 Å². The zero-order valence-electron chi connectivity index (χ0n) is 21.5. The highest BCUT2D eigenvalue weighted by Crippen LogP contribution is 2.46. The summed E-state index contributed by atoms with van der Waals surface area (Å²) in [6.07, 6.45) is -0.180. The molecule has 9 heteroatoms. The van der Waals surface area contributed by atoms with Gasteiger partial charge in [0.2, 0.25) is 0 Å². The topological polar surface area (TPSA) is 60.0 Å². The third kappa shape index (κ3) is 7.03. The van der Waals surface area contributed by atoms with Gasteiger partial charge in [0.15, 0.2) is 17.7 Å². The Morgan fingerprint density at radius 2 is 1.70 bits per heavy atom. The lowest BCUT2D eigenvalue weighted by molar-refractivity contribution is -0.156. The molecule has 6 nitrogen and oxygen atoms in total. The van der Waals surface area contributed by atoms with Crippen molar-refractivity contribution in [2.24, 2.45) is 11.8 Å². The van der Waals surface area contributed by atoms with Crippen LogP contribution < -0.4 is 10.1 Å². The average molecular weight is 521 g/mol. The highest BCUT2D eigenvalue weighted by molar-refractivity contribution is 5.75. The van der Waals surface area contributed by atoms with E-state index in [1.165, 1.54) is 0 Å². The second kappa shape index (κ2) is 12.3. The summed E-state index contributed by atoms with van der Waals surface area (Å²) < 4.78 is 57.1. The molecule has 37 heavy (non-hydrogen) atoms. The fraction of sp³-hybridized carbons (Fsp3) is 0.536. The summed E-state index contributed by atoms with van der Waals surface area (Å²) in [4.78, 5) is 14.1. The normalized spacial score (nSPS) is 22.4. The number of fused-ring (bicyclic) bond motifs is 1. The lowest BCUT2D eigenvalue weighted by Crippen LogP contribution is -2.38. The van der Waals surface area contributed by atoms with Crippen LogP contribution in [0.2, 0.25) is 0 Å². The van der Waals surface area contributed by atoms with Crippen LogP contribution in [0.4, 0.5) is 13.2 Å². The molecule has 0 amide bonds. The standard InChI is InChI=1S/C28H35F3N2O4/c1-4-35-26(28(34)36-5-2)10-18-6-8-20(9-7-18)37-16-17(3)32-27-21-14-33(15-22(21)27)13-19-11-24(30)25(31)12-23(19)29/h6-9,11-12,17,21-22,26-27,32H,4-5,10,13-16H2,1-3H3/t17?,21-,22+,26-,27?/m0/s1. The van der Waals surface area contributed by atoms with E-state index in [9.17, 15) is 18.0 Å². The Morgan fingerprint density at radius 3 is 2.35 bits per heavy atom. The SMILES string of the molecule is CCOC(=O)[C@H](Cc1ccc(OCC(C)NC2[C@H]3CN(Cc4cc(F)c(F)cc4F)C[C@@H]23)cc1)OCC. The first kappa shape index (κ1) is 27.4. The van der Waals surface area contributed by atoms with Gasteiger partial charge in [0, 0.05) is 56.4 Å². The van der Waals surface area contributed by atoms with Gasteiger partial charge >= 0.3 is 5.97 Å². The zero-order valence-corrected chi connectivity index (χ0v) is 21.5. The molecule has 1 heterocycles. The highest BCUT2D eigenvalue weighted by Gasteiger charge is 2.55. The number of esters is 1. The number of rotatable bonds is 13. The number of piperidine rings is 1. The van der Waals surface area contributed by atoms with Crippen LogP contribution in [0.3, 0.4) is 0 Å². The van der Waals surface area contributed by atoms with Gasteiger partial charge in [-0.2, -0.15) is 0 Å². The zero-order chi connectivity index (χ0) is 26.5. The number of carbonyl (C=O) groups is 1. The molecule has 0 aromatic heterocycles. The van der Waals surface area contributed by atoms with Gasteiger partial charge in [-0.05, 0) is 56.4 Å². The number of ether oxygens (including phenoxy) is 3. The van der Waals surface area contributed by atoms with E-state index in [2.05, 4.69) is 17.1 Å². The van der Waals surface area contributed by atoms with E-state index < -0.39 is 23.6 Å². The first-order valence-corrected chi connectivity index (χ1v) is 12.9. The molecule has 2 aromatic carbocycles. The molecule has 1 saturated heterocycles. The van der Waals surface area contributed by atoms with Gasteiger partial charge in [0.1, 0.15) is 18.2 Å². The summed E-state index contributed by atoms with van der Waals surface area (Å²) in [5.41, 5.74) is 1.15. The van der Waals surface area contributed by atoms with Crippen LogP contribution in [0.5, 0.6) is 5.75 Å². The minimum Gasteiger partial charge on any atom is -0.492 e. The molecule has 1 aliphatic heterocycles. The number of hydrogen-bond acceptors (Lipinski definition) is 6. The molecule has 1 aliphatic carbocycles. The van der Waals surface area contributed by atoms with Gasteiger partial charge in [-0.1, -0.05) is 12.1 Å². The predicted octanol–water partition coefficient (Wildman–Crippen LogP) is 4.10. The van der Waals surface area contributed by atoms with Crippen molar-refractivity contribution in [3.63, 3.8) is 0 Å². The first-order valence-electron chi connectivity index (χ1n) is 12.9. The highest BCUT2D eigenvalue weighted by atomic mass is 19.2. The van der Waals surface area contributed by atoms with Crippen molar-refractivity contribution in [2.75, 3.05) is 32.9 Å². The Hall–Kier alpha value is -2.62. The molecule has 1 saturated carbocycles. The summed E-state index contributed by atoms with van der Waals surface area (Å²) in [6, 6.07) is 9.71. The van der Waals surface area contributed by atoms with Crippen molar-refractivity contribution in [3.8, 4) is 5.75 Å². The smallest absolute Gasteiger partial charge is 0.335 e. The van der Waals surface area contributed by atoms with Crippen LogP contribution in [0.15, 0.2) is 36.4 Å². The van der Waals surface area contributed by atoms with E-state index in [0.717, 1.165) is 30.5 Å². The number of halogens is 3. The average Bonchev–Trinajstić information content (AvgIpc) is 3.29. The molecular formula is C28H35F3N2O4. The fourth-order valence-electron chi connectivity index (χ4n) is 5.10. The summed E-state index contributed by atoms with van der Waals surface area (Å²) in [7, 11) is 0. The summed E-state index contributed by atoms with van der Waals surface area (Å²) in [5, 5.41) is 3.61. The van der Waals surface area contributed by atoms with Crippen LogP contribution in [0, 0.1) is 29.3 Å². The minimum absolute atomic E-state index is 0.138. The first-order chi connectivity index (χ1) is 17.8. The lowest BCUT2D eigenvalue weighted by Gasteiger charge is -2.22. The molecule has 2 fully saturated rings. The van der Waals surface area contributed by atoms with Crippen molar-refractivity contribution in [1.82, 2.24) is 10.2 Å². The Kier molecular flexibility index (Phi) is 9.10. The van der Waals surface area contributed by atoms with Gasteiger partial charge < -0.3 is 19.5 Å². The van der Waals surface area contributed by atoms with E-state index >= 15 is 0 Å². The second-order valence-electron chi connectivity index (χ2n) is 9.83. The van der Waals surface area contributed by atoms with Gasteiger partial charge in [0.05, 0.1) is 6.61 Å². The van der Waals surface area contributed by atoms with Crippen molar-refractivity contribution >= 4 is 5.97 Å². The molecule has 0 spiro atoms. The number of nitrogens with one attached hydrogen (secondary N) is 1. The van der Waals surface area contributed by atoms with Crippen LogP contribution >= 0.6 is 0 Å². The number of carbonyl (C=O) groups excluding carboxylic acids is 1. The largest absolute Gasteiger partial charge is 0.492 e. The van der Waals surface area contributed by atoms with Crippen LogP contribution in [0.1, 0.15) is 31.9 Å². The number of benzene rings is 2. The maximum absolute atomic E-state index is 14.0. The van der Waals surface area contributed by atoms with E-state index in [1.807, 2.05) is 31.2 Å². The maximum Gasteiger partial charge on any atom is 0.335 e. The van der Waals surface area contributed by atoms with Crippen LogP contribution in [0.25, 0.3) is 0 Å². The number of hydrogen-bond donors (Lipinski definition) is 1. The predicted molar refractivity (Wildman–Crippen MR) is 133 cm³/mol. The van der Waals surface area contributed by atoms with Gasteiger partial charge in [0.25, 0.3) is 0 Å². The van der Waals surface area contributed by atoms with Crippen molar-refractivity contribution in [2.45, 2.75) is 51.9 Å². The third-order valence-electron chi connectivity index (χ3n) is 6.99.